The molecule has 1 aliphatic rings. The molecule has 0 aromatic carbocycles. The van der Waals surface area contributed by atoms with Crippen LogP contribution in [0, 0.1) is 0 Å². The second-order valence-electron chi connectivity index (χ2n) is 4.18. The molecule has 6 heteroatoms. The lowest BCUT2D eigenvalue weighted by molar-refractivity contribution is -0.122. The molecule has 6 nitrogen and oxygen atoms in total. The Kier molecular flexibility index (Phi) is 3.51. The Morgan fingerprint density at radius 3 is 3.06 bits per heavy atom. The van der Waals surface area contributed by atoms with Gasteiger partial charge in [-0.3, -0.25) is 9.48 Å². The number of rotatable bonds is 4. The van der Waals surface area contributed by atoms with Crippen molar-refractivity contribution in [1.29, 1.82) is 0 Å². The van der Waals surface area contributed by atoms with Crippen LogP contribution in [0.15, 0.2) is 12.7 Å². The van der Waals surface area contributed by atoms with Crippen molar-refractivity contribution >= 4 is 5.91 Å². The second kappa shape index (κ2) is 5.07. The maximum absolute atomic E-state index is 11.6. The van der Waals surface area contributed by atoms with Crippen molar-refractivity contribution in [3.8, 4) is 0 Å². The minimum absolute atomic E-state index is 0.0397. The van der Waals surface area contributed by atoms with E-state index in [1.165, 1.54) is 6.33 Å². The Morgan fingerprint density at radius 2 is 2.44 bits per heavy atom. The van der Waals surface area contributed by atoms with E-state index < -0.39 is 0 Å². The number of aryl methyl sites for hydroxylation is 1. The Morgan fingerprint density at radius 1 is 1.56 bits per heavy atom. The first-order valence-corrected chi connectivity index (χ1v) is 5.63. The van der Waals surface area contributed by atoms with Gasteiger partial charge < -0.3 is 11.1 Å². The van der Waals surface area contributed by atoms with Crippen LogP contribution in [0.3, 0.4) is 0 Å². The third kappa shape index (κ3) is 2.79. The third-order valence-electron chi connectivity index (χ3n) is 2.95. The van der Waals surface area contributed by atoms with E-state index in [-0.39, 0.29) is 18.0 Å². The number of carbonyl (C=O) groups excluding carboxylic acids is 1. The molecule has 0 spiro atoms. The molecule has 0 radical (unpaired) electrons. The summed E-state index contributed by atoms with van der Waals surface area (Å²) < 4.78 is 1.65. The monoisotopic (exact) mass is 223 g/mol. The molecule has 0 bridgehead atoms. The van der Waals surface area contributed by atoms with E-state index >= 15 is 0 Å². The number of aromatic nitrogens is 3. The Labute approximate surface area is 94.2 Å². The van der Waals surface area contributed by atoms with E-state index in [4.69, 9.17) is 5.73 Å². The van der Waals surface area contributed by atoms with Crippen LogP contribution in [0.2, 0.25) is 0 Å². The summed E-state index contributed by atoms with van der Waals surface area (Å²) in [5.74, 6) is 0.0397. The highest BCUT2D eigenvalue weighted by molar-refractivity contribution is 5.76. The van der Waals surface area contributed by atoms with Crippen LogP contribution in [-0.2, 0) is 11.3 Å². The van der Waals surface area contributed by atoms with E-state index in [9.17, 15) is 4.79 Å². The van der Waals surface area contributed by atoms with E-state index in [2.05, 4.69) is 15.4 Å². The highest BCUT2D eigenvalue weighted by Crippen LogP contribution is 2.16. The number of nitrogens with zero attached hydrogens (tertiary/aromatic N) is 3. The van der Waals surface area contributed by atoms with Crippen LogP contribution in [-0.4, -0.2) is 32.8 Å². The fraction of sp³-hybridized carbons (Fsp3) is 0.700. The van der Waals surface area contributed by atoms with E-state index in [0.717, 1.165) is 19.3 Å². The van der Waals surface area contributed by atoms with Gasteiger partial charge in [-0.05, 0) is 19.3 Å². The molecule has 1 saturated carbocycles. The van der Waals surface area contributed by atoms with Crippen molar-refractivity contribution in [2.75, 3.05) is 0 Å². The molecule has 2 atom stereocenters. The van der Waals surface area contributed by atoms with E-state index in [1.54, 1.807) is 11.0 Å². The van der Waals surface area contributed by atoms with Crippen LogP contribution in [0.1, 0.15) is 25.7 Å². The summed E-state index contributed by atoms with van der Waals surface area (Å²) in [6.45, 7) is 0.563. The number of hydrogen-bond donors (Lipinski definition) is 2. The summed E-state index contributed by atoms with van der Waals surface area (Å²) in [7, 11) is 0. The van der Waals surface area contributed by atoms with Gasteiger partial charge in [-0.25, -0.2) is 4.98 Å². The summed E-state index contributed by atoms with van der Waals surface area (Å²) in [6, 6.07) is 0.276. The fourth-order valence-electron chi connectivity index (χ4n) is 2.01. The molecule has 88 valence electrons. The molecule has 16 heavy (non-hydrogen) atoms. The van der Waals surface area contributed by atoms with Crippen molar-refractivity contribution < 1.29 is 4.79 Å². The van der Waals surface area contributed by atoms with Crippen molar-refractivity contribution in [3.63, 3.8) is 0 Å². The topological polar surface area (TPSA) is 85.8 Å². The Hall–Kier alpha value is -1.43. The predicted molar refractivity (Wildman–Crippen MR) is 58.4 cm³/mol. The third-order valence-corrected chi connectivity index (χ3v) is 2.95. The first kappa shape index (κ1) is 11.1. The Balaban J connectivity index is 1.72. The molecule has 1 aromatic heterocycles. The van der Waals surface area contributed by atoms with Crippen molar-refractivity contribution in [1.82, 2.24) is 20.1 Å². The molecule has 0 aliphatic heterocycles. The van der Waals surface area contributed by atoms with Gasteiger partial charge >= 0.3 is 0 Å². The van der Waals surface area contributed by atoms with Gasteiger partial charge in [0.15, 0.2) is 0 Å². The van der Waals surface area contributed by atoms with Gasteiger partial charge in [-0.1, -0.05) is 0 Å². The van der Waals surface area contributed by atoms with Gasteiger partial charge in [0.2, 0.25) is 5.91 Å². The average Bonchev–Trinajstić information content (AvgIpc) is 2.88. The van der Waals surface area contributed by atoms with Crippen LogP contribution >= 0.6 is 0 Å². The van der Waals surface area contributed by atoms with Crippen LogP contribution in [0.4, 0.5) is 0 Å². The standard InChI is InChI=1S/C10H17N5O/c11-8-2-1-3-9(8)14-10(16)4-5-15-7-12-6-13-15/h6-9H,1-5,11H2,(H,14,16). The molecule has 0 saturated heterocycles. The molecule has 1 fully saturated rings. The zero-order chi connectivity index (χ0) is 11.4. The lowest BCUT2D eigenvalue weighted by atomic mass is 10.2. The molecule has 3 N–H and O–H groups in total. The minimum Gasteiger partial charge on any atom is -0.352 e. The zero-order valence-corrected chi connectivity index (χ0v) is 9.17. The normalized spacial score (nSPS) is 24.6. The summed E-state index contributed by atoms with van der Waals surface area (Å²) in [5, 5.41) is 6.90. The molecule has 2 rings (SSSR count). The Bertz CT molecular complexity index is 337. The first-order chi connectivity index (χ1) is 7.75. The first-order valence-electron chi connectivity index (χ1n) is 5.63. The number of carbonyl (C=O) groups is 1. The summed E-state index contributed by atoms with van der Waals surface area (Å²) in [4.78, 5) is 15.4. The van der Waals surface area contributed by atoms with Gasteiger partial charge in [0.05, 0.1) is 6.54 Å². The lowest BCUT2D eigenvalue weighted by Crippen LogP contribution is -2.44. The highest BCUT2D eigenvalue weighted by Gasteiger charge is 2.24. The molecule has 1 aromatic rings. The molecule has 2 unspecified atom stereocenters. The lowest BCUT2D eigenvalue weighted by Gasteiger charge is -2.16. The van der Waals surface area contributed by atoms with Crippen LogP contribution in [0.25, 0.3) is 0 Å². The largest absolute Gasteiger partial charge is 0.352 e. The van der Waals surface area contributed by atoms with Gasteiger partial charge in [0.1, 0.15) is 12.7 Å². The summed E-state index contributed by atoms with van der Waals surface area (Å²) in [6.07, 6.45) is 6.60. The van der Waals surface area contributed by atoms with Gasteiger partial charge in [0, 0.05) is 18.5 Å². The number of nitrogens with two attached hydrogens (primary N) is 1. The predicted octanol–water partition coefficient (Wildman–Crippen LogP) is -0.336. The highest BCUT2D eigenvalue weighted by atomic mass is 16.1. The number of nitrogens with one attached hydrogen (secondary N) is 1. The molecule has 1 aliphatic carbocycles. The zero-order valence-electron chi connectivity index (χ0n) is 9.17. The summed E-state index contributed by atoms with van der Waals surface area (Å²) in [5.41, 5.74) is 5.88. The van der Waals surface area contributed by atoms with Crippen LogP contribution < -0.4 is 11.1 Å². The van der Waals surface area contributed by atoms with Gasteiger partial charge in [0.25, 0.3) is 0 Å². The minimum atomic E-state index is 0.0397. The second-order valence-corrected chi connectivity index (χ2v) is 4.18. The van der Waals surface area contributed by atoms with Gasteiger partial charge in [-0.2, -0.15) is 5.10 Å². The maximum atomic E-state index is 11.6. The van der Waals surface area contributed by atoms with Gasteiger partial charge in [-0.15, -0.1) is 0 Å². The SMILES string of the molecule is NC1CCCC1NC(=O)CCn1cncn1. The van der Waals surface area contributed by atoms with Crippen molar-refractivity contribution in [3.05, 3.63) is 12.7 Å². The summed E-state index contributed by atoms with van der Waals surface area (Å²) >= 11 is 0. The smallest absolute Gasteiger partial charge is 0.222 e. The molecule has 1 amide bonds. The van der Waals surface area contributed by atoms with E-state index in [1.807, 2.05) is 0 Å². The van der Waals surface area contributed by atoms with Crippen molar-refractivity contribution in [2.24, 2.45) is 5.73 Å². The van der Waals surface area contributed by atoms with Crippen LogP contribution in [0.5, 0.6) is 0 Å². The quantitative estimate of drug-likeness (QED) is 0.731. The average molecular weight is 223 g/mol. The maximum Gasteiger partial charge on any atom is 0.222 e. The van der Waals surface area contributed by atoms with E-state index in [0.29, 0.717) is 13.0 Å². The van der Waals surface area contributed by atoms with Crippen molar-refractivity contribution in [2.45, 2.75) is 44.3 Å². The fourth-order valence-corrected chi connectivity index (χ4v) is 2.01. The number of hydrogen-bond acceptors (Lipinski definition) is 4. The number of amides is 1. The molecular weight excluding hydrogens is 206 g/mol. The molecular formula is C10H17N5O. The molecule has 1 heterocycles.